The van der Waals surface area contributed by atoms with E-state index in [1.165, 1.54) is 0 Å². The fourth-order valence-corrected chi connectivity index (χ4v) is 1.88. The Morgan fingerprint density at radius 1 is 1.29 bits per heavy atom. The lowest BCUT2D eigenvalue weighted by Crippen LogP contribution is -2.27. The normalized spacial score (nSPS) is 13.4. The molecule has 1 aromatic rings. The molecule has 1 rings (SSSR count). The highest BCUT2D eigenvalue weighted by molar-refractivity contribution is 5.72. The van der Waals surface area contributed by atoms with Gasteiger partial charge >= 0.3 is 22.8 Å². The van der Waals surface area contributed by atoms with E-state index in [0.717, 1.165) is 17.0 Å². The molecule has 0 amide bonds. The van der Waals surface area contributed by atoms with Crippen molar-refractivity contribution in [1.82, 2.24) is 4.57 Å². The standard InChI is InChI=1S/C11H13N3O7/c1-3-6(2)9(11(16)17)12-4-7(13(18)19)10(15)8(5-12)14(20)21/h4-6,9H,3H2,1-2H3,(H,16,17)/t6-,9-/m1/s1. The third-order valence-corrected chi connectivity index (χ3v) is 3.16. The second kappa shape index (κ2) is 6.11. The highest BCUT2D eigenvalue weighted by Gasteiger charge is 2.31. The van der Waals surface area contributed by atoms with Gasteiger partial charge in [0.1, 0.15) is 6.04 Å². The first kappa shape index (κ1) is 16.3. The molecule has 2 atom stereocenters. The largest absolute Gasteiger partial charge is 0.480 e. The summed E-state index contributed by atoms with van der Waals surface area (Å²) in [7, 11) is 0. The lowest BCUT2D eigenvalue weighted by atomic mass is 9.99. The Labute approximate surface area is 117 Å². The molecule has 0 unspecified atom stereocenters. The minimum atomic E-state index is -1.35. The Balaban J connectivity index is 3.62. The zero-order valence-electron chi connectivity index (χ0n) is 11.3. The number of carbonyl (C=O) groups is 1. The molecule has 0 aromatic carbocycles. The van der Waals surface area contributed by atoms with Crippen molar-refractivity contribution in [3.05, 3.63) is 42.8 Å². The van der Waals surface area contributed by atoms with Crippen molar-refractivity contribution in [2.45, 2.75) is 26.3 Å². The first-order valence-electron chi connectivity index (χ1n) is 5.98. The van der Waals surface area contributed by atoms with E-state index < -0.39 is 44.6 Å². The Kier molecular flexibility index (Phi) is 4.74. The topological polar surface area (TPSA) is 146 Å². The first-order valence-corrected chi connectivity index (χ1v) is 5.98. The van der Waals surface area contributed by atoms with Crippen LogP contribution in [0.1, 0.15) is 26.3 Å². The summed E-state index contributed by atoms with van der Waals surface area (Å²) >= 11 is 0. The van der Waals surface area contributed by atoms with Crippen LogP contribution in [0.5, 0.6) is 0 Å². The molecule has 10 heteroatoms. The van der Waals surface area contributed by atoms with Gasteiger partial charge in [-0.1, -0.05) is 20.3 Å². The maximum Gasteiger partial charge on any atom is 0.339 e. The number of hydrogen-bond donors (Lipinski definition) is 1. The van der Waals surface area contributed by atoms with Crippen molar-refractivity contribution in [2.24, 2.45) is 5.92 Å². The number of rotatable bonds is 6. The summed E-state index contributed by atoms with van der Waals surface area (Å²) in [5.74, 6) is -1.74. The Morgan fingerprint density at radius 3 is 2.00 bits per heavy atom. The van der Waals surface area contributed by atoms with E-state index in [2.05, 4.69) is 0 Å². The van der Waals surface area contributed by atoms with Gasteiger partial charge in [-0.25, -0.2) is 4.79 Å². The van der Waals surface area contributed by atoms with Crippen LogP contribution in [0.4, 0.5) is 11.4 Å². The van der Waals surface area contributed by atoms with Gasteiger partial charge in [-0.15, -0.1) is 0 Å². The minimum absolute atomic E-state index is 0.435. The van der Waals surface area contributed by atoms with E-state index in [0.29, 0.717) is 6.42 Å². The van der Waals surface area contributed by atoms with Crippen LogP contribution >= 0.6 is 0 Å². The zero-order chi connectivity index (χ0) is 16.3. The Bertz CT molecular complexity index is 613. The second-order valence-corrected chi connectivity index (χ2v) is 4.49. The molecule has 0 spiro atoms. The summed E-state index contributed by atoms with van der Waals surface area (Å²) in [5, 5.41) is 30.8. The SMILES string of the molecule is CC[C@@H](C)[C@H](C(=O)O)n1cc([N+](=O)[O-])c(=O)c([N+](=O)[O-])c1. The van der Waals surface area contributed by atoms with Crippen molar-refractivity contribution in [2.75, 3.05) is 0 Å². The van der Waals surface area contributed by atoms with Crippen LogP contribution in [0.3, 0.4) is 0 Å². The predicted molar refractivity (Wildman–Crippen MR) is 70.1 cm³/mol. The Morgan fingerprint density at radius 2 is 1.71 bits per heavy atom. The molecule has 0 bridgehead atoms. The van der Waals surface area contributed by atoms with Gasteiger partial charge in [0.2, 0.25) is 0 Å². The molecule has 114 valence electrons. The van der Waals surface area contributed by atoms with Gasteiger partial charge in [0, 0.05) is 0 Å². The third-order valence-electron chi connectivity index (χ3n) is 3.16. The molecule has 10 nitrogen and oxygen atoms in total. The van der Waals surface area contributed by atoms with E-state index >= 15 is 0 Å². The van der Waals surface area contributed by atoms with Gasteiger partial charge in [-0.3, -0.25) is 25.0 Å². The molecule has 1 heterocycles. The number of nitrogens with zero attached hydrogens (tertiary/aromatic N) is 3. The minimum Gasteiger partial charge on any atom is -0.480 e. The van der Waals surface area contributed by atoms with E-state index in [4.69, 9.17) is 0 Å². The van der Waals surface area contributed by atoms with Crippen LogP contribution < -0.4 is 5.43 Å². The highest BCUT2D eigenvalue weighted by atomic mass is 16.6. The smallest absolute Gasteiger partial charge is 0.339 e. The number of hydrogen-bond acceptors (Lipinski definition) is 6. The molecule has 0 saturated carbocycles. The van der Waals surface area contributed by atoms with Crippen LogP contribution in [0.15, 0.2) is 17.2 Å². The molecule has 21 heavy (non-hydrogen) atoms. The fourth-order valence-electron chi connectivity index (χ4n) is 1.88. The molecule has 0 aliphatic carbocycles. The van der Waals surface area contributed by atoms with Gasteiger partial charge in [0.05, 0.1) is 22.2 Å². The van der Waals surface area contributed by atoms with Crippen molar-refractivity contribution in [1.29, 1.82) is 0 Å². The monoisotopic (exact) mass is 299 g/mol. The summed E-state index contributed by atoms with van der Waals surface area (Å²) in [6.07, 6.45) is 1.88. The number of aliphatic carboxylic acids is 1. The second-order valence-electron chi connectivity index (χ2n) is 4.49. The maximum absolute atomic E-state index is 11.6. The first-order chi connectivity index (χ1) is 9.70. The van der Waals surface area contributed by atoms with Crippen molar-refractivity contribution >= 4 is 17.3 Å². The lowest BCUT2D eigenvalue weighted by Gasteiger charge is -2.21. The quantitative estimate of drug-likeness (QED) is 0.615. The molecule has 0 aliphatic heterocycles. The highest BCUT2D eigenvalue weighted by Crippen LogP contribution is 2.24. The molecular formula is C11H13N3O7. The molecule has 0 radical (unpaired) electrons. The summed E-state index contributed by atoms with van der Waals surface area (Å²) in [6, 6.07) is -1.24. The third kappa shape index (κ3) is 3.22. The summed E-state index contributed by atoms with van der Waals surface area (Å²) in [6.45, 7) is 3.31. The van der Waals surface area contributed by atoms with Crippen molar-refractivity contribution < 1.29 is 19.7 Å². The predicted octanol–water partition coefficient (Wildman–Crippen LogP) is 1.34. The average molecular weight is 299 g/mol. The lowest BCUT2D eigenvalue weighted by molar-refractivity contribution is -0.397. The maximum atomic E-state index is 11.6. The van der Waals surface area contributed by atoms with Crippen LogP contribution in [0, 0.1) is 26.1 Å². The van der Waals surface area contributed by atoms with E-state index in [-0.39, 0.29) is 0 Å². The molecule has 0 fully saturated rings. The fraction of sp³-hybridized carbons (Fsp3) is 0.455. The Hall–Kier alpha value is -2.78. The van der Waals surface area contributed by atoms with Crippen molar-refractivity contribution in [3.63, 3.8) is 0 Å². The number of nitro groups is 2. The molecular weight excluding hydrogens is 286 g/mol. The molecule has 0 saturated heterocycles. The van der Waals surface area contributed by atoms with Gasteiger partial charge < -0.3 is 9.67 Å². The van der Waals surface area contributed by atoms with E-state index in [9.17, 15) is 34.9 Å². The summed E-state index contributed by atoms with van der Waals surface area (Å²) in [4.78, 5) is 42.4. The summed E-state index contributed by atoms with van der Waals surface area (Å²) < 4.78 is 0.841. The number of carboxylic acids is 1. The van der Waals surface area contributed by atoms with E-state index in [1.807, 2.05) is 0 Å². The van der Waals surface area contributed by atoms with Gasteiger partial charge in [0.15, 0.2) is 0 Å². The number of carboxylic acid groups (broad SMARTS) is 1. The zero-order valence-corrected chi connectivity index (χ0v) is 11.3. The van der Waals surface area contributed by atoms with Crippen LogP contribution in [0.2, 0.25) is 0 Å². The number of pyridine rings is 1. The van der Waals surface area contributed by atoms with Gasteiger partial charge in [-0.2, -0.15) is 0 Å². The average Bonchev–Trinajstić information content (AvgIpc) is 2.39. The molecule has 1 aromatic heterocycles. The van der Waals surface area contributed by atoms with Gasteiger partial charge in [0.25, 0.3) is 0 Å². The van der Waals surface area contributed by atoms with Crippen LogP contribution in [0.25, 0.3) is 0 Å². The van der Waals surface area contributed by atoms with E-state index in [1.54, 1.807) is 13.8 Å². The van der Waals surface area contributed by atoms with Gasteiger partial charge in [-0.05, 0) is 5.92 Å². The molecule has 0 aliphatic rings. The van der Waals surface area contributed by atoms with Crippen LogP contribution in [-0.4, -0.2) is 25.5 Å². The molecule has 1 N–H and O–H groups in total. The van der Waals surface area contributed by atoms with Crippen LogP contribution in [-0.2, 0) is 4.79 Å². The van der Waals surface area contributed by atoms with Crippen molar-refractivity contribution in [3.8, 4) is 0 Å². The summed E-state index contributed by atoms with van der Waals surface area (Å²) in [5.41, 5.74) is -3.41. The number of aromatic nitrogens is 1.